The molecule has 0 bridgehead atoms. The summed E-state index contributed by atoms with van der Waals surface area (Å²) in [5, 5.41) is 9.72. The van der Waals surface area contributed by atoms with Crippen LogP contribution in [0, 0.1) is 0 Å². The lowest BCUT2D eigenvalue weighted by Gasteiger charge is -2.16. The maximum atomic E-state index is 6.54. The van der Waals surface area contributed by atoms with E-state index in [1.807, 2.05) is 0 Å². The predicted molar refractivity (Wildman–Crippen MR) is 230 cm³/mol. The summed E-state index contributed by atoms with van der Waals surface area (Å²) in [7, 11) is 0. The zero-order valence-corrected chi connectivity index (χ0v) is 29.6. The van der Waals surface area contributed by atoms with Gasteiger partial charge in [-0.3, -0.25) is 0 Å². The summed E-state index contributed by atoms with van der Waals surface area (Å²) in [6.07, 6.45) is 0. The predicted octanol–water partition coefficient (Wildman–Crippen LogP) is 14.2. The molecule has 0 fully saturated rings. The number of furan rings is 1. The summed E-state index contributed by atoms with van der Waals surface area (Å²) in [5.41, 5.74) is 16.4. The summed E-state index contributed by atoms with van der Waals surface area (Å²) >= 11 is 0. The molecule has 3 aromatic heterocycles. The number of nitrogens with zero attached hydrogens (tertiary/aromatic N) is 2. The molecule has 0 spiro atoms. The van der Waals surface area contributed by atoms with E-state index < -0.39 is 0 Å². The van der Waals surface area contributed by atoms with Crippen LogP contribution in [-0.4, -0.2) is 9.13 Å². The lowest BCUT2D eigenvalue weighted by Crippen LogP contribution is -2.00. The Labute approximate surface area is 315 Å². The monoisotopic (exact) mass is 698 g/mol. The average molecular weight is 699 g/mol. The molecule has 254 valence electrons. The minimum absolute atomic E-state index is 0.891. The molecular formula is C52H30N2O. The molecule has 1 aliphatic carbocycles. The smallest absolute Gasteiger partial charge is 0.137 e. The van der Waals surface area contributed by atoms with Crippen molar-refractivity contribution in [1.82, 2.24) is 9.13 Å². The van der Waals surface area contributed by atoms with Crippen LogP contribution in [0.2, 0.25) is 0 Å². The van der Waals surface area contributed by atoms with E-state index in [1.54, 1.807) is 0 Å². The van der Waals surface area contributed by atoms with E-state index in [0.717, 1.165) is 33.1 Å². The van der Waals surface area contributed by atoms with Crippen molar-refractivity contribution in [2.45, 2.75) is 0 Å². The SMILES string of the molecule is c1ccc(-c2ccc(-n3c4c(ccc5oc6ccccc6c54)c4ccc5c6ccccc6n(-c6ccc7c8c(cccc68)-c6ccccc6-7)c5c43)cc2)cc1. The van der Waals surface area contributed by atoms with Gasteiger partial charge in [-0.1, -0.05) is 140 Å². The highest BCUT2D eigenvalue weighted by Crippen LogP contribution is 2.50. The molecule has 13 rings (SSSR count). The summed E-state index contributed by atoms with van der Waals surface area (Å²) in [5.74, 6) is 0. The van der Waals surface area contributed by atoms with Gasteiger partial charge < -0.3 is 13.6 Å². The van der Waals surface area contributed by atoms with Crippen LogP contribution >= 0.6 is 0 Å². The first-order valence-electron chi connectivity index (χ1n) is 18.9. The Balaban J connectivity index is 1.22. The minimum atomic E-state index is 0.891. The Hall–Kier alpha value is -7.36. The van der Waals surface area contributed by atoms with Crippen molar-refractivity contribution in [3.8, 4) is 44.8 Å². The number of fused-ring (bicyclic) bond motifs is 14. The third kappa shape index (κ3) is 3.79. The van der Waals surface area contributed by atoms with Gasteiger partial charge in [0, 0.05) is 38.0 Å². The van der Waals surface area contributed by atoms with E-state index in [1.165, 1.54) is 87.9 Å². The summed E-state index contributed by atoms with van der Waals surface area (Å²) in [6, 6.07) is 66.4. The fourth-order valence-electron chi connectivity index (χ4n) is 9.77. The summed E-state index contributed by atoms with van der Waals surface area (Å²) < 4.78 is 11.6. The van der Waals surface area contributed by atoms with Crippen LogP contribution < -0.4 is 0 Å². The standard InChI is InChI=1S/C52H30N2O/c1-2-11-31(12-3-1)32-21-23-33(24-22-32)53-50-40(28-30-47-49(50)43-16-7-9-20-46(43)55-47)41-26-25-39-36-15-6-8-19-44(36)54(52(39)51(41)53)45-29-27-38-35-14-5-4-13-34(35)37-17-10-18-42(45)48(37)38/h1-30H. The molecule has 9 aromatic carbocycles. The molecule has 1 aliphatic rings. The van der Waals surface area contributed by atoms with Crippen molar-refractivity contribution in [1.29, 1.82) is 0 Å². The highest BCUT2D eigenvalue weighted by Gasteiger charge is 2.27. The van der Waals surface area contributed by atoms with Gasteiger partial charge in [-0.15, -0.1) is 0 Å². The number of rotatable bonds is 3. The molecule has 3 heterocycles. The number of aromatic nitrogens is 2. The van der Waals surface area contributed by atoms with Gasteiger partial charge in [0.15, 0.2) is 0 Å². The average Bonchev–Trinajstić information content (AvgIpc) is 3.99. The van der Waals surface area contributed by atoms with Gasteiger partial charge in [0.1, 0.15) is 11.2 Å². The second kappa shape index (κ2) is 10.6. The zero-order chi connectivity index (χ0) is 35.8. The lowest BCUT2D eigenvalue weighted by atomic mass is 10.0. The molecule has 3 nitrogen and oxygen atoms in total. The Kier molecular flexibility index (Phi) is 5.63. The van der Waals surface area contributed by atoms with E-state index in [9.17, 15) is 0 Å². The summed E-state index contributed by atoms with van der Waals surface area (Å²) in [4.78, 5) is 0. The van der Waals surface area contributed by atoms with Gasteiger partial charge in [0.05, 0.1) is 33.1 Å². The van der Waals surface area contributed by atoms with E-state index in [2.05, 4.69) is 191 Å². The number of benzene rings is 9. The minimum Gasteiger partial charge on any atom is -0.456 e. The van der Waals surface area contributed by atoms with Gasteiger partial charge in [-0.05, 0) is 81.2 Å². The molecule has 0 saturated heterocycles. The van der Waals surface area contributed by atoms with Gasteiger partial charge in [0.2, 0.25) is 0 Å². The molecule has 0 N–H and O–H groups in total. The Bertz CT molecular complexity index is 3550. The van der Waals surface area contributed by atoms with Crippen molar-refractivity contribution < 1.29 is 4.42 Å². The van der Waals surface area contributed by atoms with E-state index in [0.29, 0.717) is 0 Å². The van der Waals surface area contributed by atoms with Crippen LogP contribution in [0.15, 0.2) is 186 Å². The van der Waals surface area contributed by atoms with Gasteiger partial charge in [-0.2, -0.15) is 0 Å². The van der Waals surface area contributed by atoms with Gasteiger partial charge in [-0.25, -0.2) is 0 Å². The van der Waals surface area contributed by atoms with Crippen LogP contribution in [0.3, 0.4) is 0 Å². The number of para-hydroxylation sites is 2. The van der Waals surface area contributed by atoms with Crippen LogP contribution in [0.4, 0.5) is 0 Å². The maximum Gasteiger partial charge on any atom is 0.137 e. The Morgan fingerprint density at radius 1 is 0.309 bits per heavy atom. The molecule has 0 saturated carbocycles. The molecule has 0 radical (unpaired) electrons. The van der Waals surface area contributed by atoms with Gasteiger partial charge in [0.25, 0.3) is 0 Å². The topological polar surface area (TPSA) is 23.0 Å². The van der Waals surface area contributed by atoms with E-state index >= 15 is 0 Å². The fourth-order valence-corrected chi connectivity index (χ4v) is 9.77. The number of hydrogen-bond donors (Lipinski definition) is 0. The normalized spacial score (nSPS) is 12.4. The molecule has 0 unspecified atom stereocenters. The van der Waals surface area contributed by atoms with Gasteiger partial charge >= 0.3 is 0 Å². The van der Waals surface area contributed by atoms with E-state index in [-0.39, 0.29) is 0 Å². The molecule has 12 aromatic rings. The van der Waals surface area contributed by atoms with Crippen LogP contribution in [0.5, 0.6) is 0 Å². The van der Waals surface area contributed by atoms with Crippen molar-refractivity contribution in [3.63, 3.8) is 0 Å². The molecule has 0 amide bonds. The van der Waals surface area contributed by atoms with Crippen molar-refractivity contribution in [3.05, 3.63) is 182 Å². The third-order valence-electron chi connectivity index (χ3n) is 12.1. The van der Waals surface area contributed by atoms with E-state index in [4.69, 9.17) is 4.42 Å². The van der Waals surface area contributed by atoms with Crippen LogP contribution in [0.1, 0.15) is 0 Å². The molecular weight excluding hydrogens is 669 g/mol. The maximum absolute atomic E-state index is 6.54. The third-order valence-corrected chi connectivity index (χ3v) is 12.1. The fraction of sp³-hybridized carbons (Fsp3) is 0. The second-order valence-electron chi connectivity index (χ2n) is 14.8. The van der Waals surface area contributed by atoms with Crippen molar-refractivity contribution in [2.24, 2.45) is 0 Å². The molecule has 0 aliphatic heterocycles. The second-order valence-corrected chi connectivity index (χ2v) is 14.8. The summed E-state index contributed by atoms with van der Waals surface area (Å²) in [6.45, 7) is 0. The quantitative estimate of drug-likeness (QED) is 0.180. The first-order valence-corrected chi connectivity index (χ1v) is 18.9. The van der Waals surface area contributed by atoms with Crippen LogP contribution in [-0.2, 0) is 0 Å². The number of hydrogen-bond acceptors (Lipinski definition) is 1. The largest absolute Gasteiger partial charge is 0.456 e. The highest BCUT2D eigenvalue weighted by atomic mass is 16.3. The molecule has 3 heteroatoms. The zero-order valence-electron chi connectivity index (χ0n) is 29.6. The molecule has 0 atom stereocenters. The molecule has 55 heavy (non-hydrogen) atoms. The first-order chi connectivity index (χ1) is 27.3. The van der Waals surface area contributed by atoms with Crippen LogP contribution in [0.25, 0.3) is 121 Å². The van der Waals surface area contributed by atoms with Crippen molar-refractivity contribution in [2.75, 3.05) is 0 Å². The lowest BCUT2D eigenvalue weighted by molar-refractivity contribution is 0.669. The first kappa shape index (κ1) is 29.1. The Morgan fingerprint density at radius 2 is 0.909 bits per heavy atom. The van der Waals surface area contributed by atoms with Crippen molar-refractivity contribution >= 4 is 76.3 Å². The Morgan fingerprint density at radius 3 is 1.75 bits per heavy atom. The highest BCUT2D eigenvalue weighted by molar-refractivity contribution is 6.30.